The van der Waals surface area contributed by atoms with Crippen molar-refractivity contribution in [3.63, 3.8) is 0 Å². The number of hydrogen-bond donors (Lipinski definition) is 1. The number of carbonyl (C=O) groups is 1. The van der Waals surface area contributed by atoms with Gasteiger partial charge in [-0.05, 0) is 26.1 Å². The Hall–Kier alpha value is -0.680. The zero-order valence-corrected chi connectivity index (χ0v) is 6.57. The lowest BCUT2D eigenvalue weighted by atomic mass is 10.1. The molecule has 1 fully saturated rings. The van der Waals surface area contributed by atoms with Crippen molar-refractivity contribution in [2.75, 3.05) is 0 Å². The minimum Gasteiger partial charge on any atom is -0.453 e. The van der Waals surface area contributed by atoms with Crippen LogP contribution in [0.15, 0.2) is 0 Å². The van der Waals surface area contributed by atoms with Gasteiger partial charge in [0.1, 0.15) is 0 Å². The van der Waals surface area contributed by atoms with E-state index in [1.807, 2.05) is 0 Å². The summed E-state index contributed by atoms with van der Waals surface area (Å²) in [6, 6.07) is 0. The number of hydrogen-bond acceptors (Lipinski definition) is 4. The molecule has 0 radical (unpaired) electrons. The Labute approximate surface area is 63.9 Å². The molecule has 1 saturated heterocycles. The van der Waals surface area contributed by atoms with Gasteiger partial charge >= 0.3 is 0 Å². The van der Waals surface area contributed by atoms with Gasteiger partial charge in [-0.15, -0.1) is 0 Å². The van der Waals surface area contributed by atoms with E-state index in [0.29, 0.717) is 0 Å². The molecule has 0 aromatic rings. The van der Waals surface area contributed by atoms with E-state index in [-0.39, 0.29) is 11.1 Å². The van der Waals surface area contributed by atoms with Crippen molar-refractivity contribution >= 4 is 23.3 Å². The van der Waals surface area contributed by atoms with Gasteiger partial charge in [-0.1, -0.05) is 0 Å². The highest BCUT2D eigenvalue weighted by Gasteiger charge is 2.43. The van der Waals surface area contributed by atoms with Gasteiger partial charge in [0.2, 0.25) is 0 Å². The molecule has 0 aromatic carbocycles. The zero-order valence-electron chi connectivity index (χ0n) is 5.75. The van der Waals surface area contributed by atoms with Crippen LogP contribution in [0, 0.1) is 0 Å². The summed E-state index contributed by atoms with van der Waals surface area (Å²) in [5.41, 5.74) is -0.883. The van der Waals surface area contributed by atoms with Crippen LogP contribution in [0.2, 0.25) is 0 Å². The molecule has 56 valence electrons. The highest BCUT2D eigenvalue weighted by atomic mass is 32.1. The summed E-state index contributed by atoms with van der Waals surface area (Å²) in [4.78, 5) is 11.0. The quantitative estimate of drug-likeness (QED) is 0.302. The van der Waals surface area contributed by atoms with Crippen molar-refractivity contribution in [3.05, 3.63) is 0 Å². The lowest BCUT2D eigenvalue weighted by Gasteiger charge is -2.11. The van der Waals surface area contributed by atoms with Gasteiger partial charge in [-0.2, -0.15) is 0 Å². The summed E-state index contributed by atoms with van der Waals surface area (Å²) in [7, 11) is 0. The Kier molecular flexibility index (Phi) is 1.41. The summed E-state index contributed by atoms with van der Waals surface area (Å²) < 4.78 is 4.96. The number of ether oxygens (including phenoxy) is 1. The van der Waals surface area contributed by atoms with Crippen molar-refractivity contribution in [1.29, 1.82) is 0 Å². The number of nitrogens with zero attached hydrogens (tertiary/aromatic N) is 1. The maximum absolute atomic E-state index is 11.0. The maximum atomic E-state index is 11.0. The smallest absolute Gasteiger partial charge is 0.288 e. The van der Waals surface area contributed by atoms with Crippen LogP contribution in [0.5, 0.6) is 0 Å². The Bertz CT molecular complexity index is 202. The maximum Gasteiger partial charge on any atom is 0.288 e. The highest BCUT2D eigenvalue weighted by Crippen LogP contribution is 2.20. The number of carbonyl (C=O) groups excluding carboxylic acids is 1. The summed E-state index contributed by atoms with van der Waals surface area (Å²) in [5, 5.41) is 0.880. The molecular weight excluding hydrogens is 152 g/mol. The second-order valence-electron chi connectivity index (χ2n) is 2.55. The van der Waals surface area contributed by atoms with Gasteiger partial charge in [-0.3, -0.25) is 4.79 Å². The first-order valence-electron chi connectivity index (χ1n) is 2.77. The Balaban J connectivity index is 2.92. The fraction of sp³-hybridized carbons (Fsp3) is 0.600. The van der Waals surface area contributed by atoms with Crippen LogP contribution in [0.3, 0.4) is 0 Å². The fourth-order valence-corrected chi connectivity index (χ4v) is 0.975. The van der Waals surface area contributed by atoms with Crippen LogP contribution in [0.25, 0.3) is 0 Å². The van der Waals surface area contributed by atoms with Crippen LogP contribution in [0.1, 0.15) is 13.8 Å². The van der Waals surface area contributed by atoms with Crippen molar-refractivity contribution < 1.29 is 9.53 Å². The number of amides is 1. The number of thiocarbonyl (C=S) groups is 1. The van der Waals surface area contributed by atoms with Crippen LogP contribution in [-0.2, 0) is 9.53 Å². The van der Waals surface area contributed by atoms with E-state index < -0.39 is 5.60 Å². The predicted molar refractivity (Wildman–Crippen MR) is 38.8 cm³/mol. The van der Waals surface area contributed by atoms with Crippen LogP contribution < -0.4 is 5.84 Å². The summed E-state index contributed by atoms with van der Waals surface area (Å²) in [6.07, 6.45) is 0. The summed E-state index contributed by atoms with van der Waals surface area (Å²) in [6.45, 7) is 3.24. The summed E-state index contributed by atoms with van der Waals surface area (Å²) in [5.74, 6) is 4.91. The second kappa shape index (κ2) is 1.90. The zero-order chi connectivity index (χ0) is 7.94. The third kappa shape index (κ3) is 0.871. The minimum atomic E-state index is -0.883. The number of rotatable bonds is 0. The Morgan fingerprint density at radius 1 is 1.70 bits per heavy atom. The van der Waals surface area contributed by atoms with Crippen LogP contribution >= 0.6 is 12.2 Å². The van der Waals surface area contributed by atoms with E-state index in [1.165, 1.54) is 0 Å². The molecule has 1 aliphatic rings. The van der Waals surface area contributed by atoms with Crippen LogP contribution in [0.4, 0.5) is 0 Å². The molecule has 0 saturated carbocycles. The molecule has 0 aromatic heterocycles. The third-order valence-electron chi connectivity index (χ3n) is 1.27. The van der Waals surface area contributed by atoms with Gasteiger partial charge in [0.05, 0.1) is 0 Å². The lowest BCUT2D eigenvalue weighted by Crippen LogP contribution is -2.40. The molecule has 4 nitrogen and oxygen atoms in total. The molecular formula is C5H8N2O2S. The molecule has 0 unspecified atom stereocenters. The summed E-state index contributed by atoms with van der Waals surface area (Å²) >= 11 is 4.63. The van der Waals surface area contributed by atoms with E-state index in [0.717, 1.165) is 5.01 Å². The molecule has 1 amide bonds. The SMILES string of the molecule is CC1(C)OC(=S)N(N)C1=O. The topological polar surface area (TPSA) is 55.6 Å². The molecule has 5 heteroatoms. The molecule has 0 atom stereocenters. The lowest BCUT2D eigenvalue weighted by molar-refractivity contribution is -0.134. The van der Waals surface area contributed by atoms with Gasteiger partial charge in [-0.25, -0.2) is 10.9 Å². The second-order valence-corrected chi connectivity index (χ2v) is 2.90. The minimum absolute atomic E-state index is 0.0370. The van der Waals surface area contributed by atoms with E-state index in [2.05, 4.69) is 12.2 Å². The molecule has 0 aliphatic carbocycles. The largest absolute Gasteiger partial charge is 0.453 e. The fourth-order valence-electron chi connectivity index (χ4n) is 0.684. The molecule has 0 bridgehead atoms. The van der Waals surface area contributed by atoms with E-state index in [4.69, 9.17) is 10.6 Å². The first-order valence-corrected chi connectivity index (χ1v) is 3.18. The normalized spacial score (nSPS) is 23.3. The van der Waals surface area contributed by atoms with E-state index >= 15 is 0 Å². The molecule has 0 spiro atoms. The number of hydrazine groups is 1. The first-order chi connectivity index (χ1) is 4.45. The van der Waals surface area contributed by atoms with Crippen molar-refractivity contribution in [3.8, 4) is 0 Å². The van der Waals surface area contributed by atoms with E-state index in [1.54, 1.807) is 13.8 Å². The van der Waals surface area contributed by atoms with Gasteiger partial charge in [0.25, 0.3) is 11.1 Å². The van der Waals surface area contributed by atoms with Gasteiger partial charge < -0.3 is 4.74 Å². The Morgan fingerprint density at radius 3 is 2.30 bits per heavy atom. The molecule has 2 N–H and O–H groups in total. The molecule has 1 aliphatic heterocycles. The van der Waals surface area contributed by atoms with E-state index in [9.17, 15) is 4.79 Å². The van der Waals surface area contributed by atoms with Crippen LogP contribution in [-0.4, -0.2) is 21.7 Å². The van der Waals surface area contributed by atoms with Crippen molar-refractivity contribution in [2.45, 2.75) is 19.4 Å². The van der Waals surface area contributed by atoms with Crippen molar-refractivity contribution in [2.24, 2.45) is 5.84 Å². The molecule has 10 heavy (non-hydrogen) atoms. The average molecular weight is 160 g/mol. The van der Waals surface area contributed by atoms with Gasteiger partial charge in [0.15, 0.2) is 5.60 Å². The van der Waals surface area contributed by atoms with Gasteiger partial charge in [0, 0.05) is 0 Å². The Morgan fingerprint density at radius 2 is 2.20 bits per heavy atom. The average Bonchev–Trinajstić information content (AvgIpc) is 1.95. The highest BCUT2D eigenvalue weighted by molar-refractivity contribution is 7.80. The van der Waals surface area contributed by atoms with Crippen molar-refractivity contribution in [1.82, 2.24) is 5.01 Å². The number of nitrogens with two attached hydrogens (primary N) is 1. The molecule has 1 heterocycles. The monoisotopic (exact) mass is 160 g/mol. The predicted octanol–water partition coefficient (Wildman–Crippen LogP) is -0.218. The standard InChI is InChI=1S/C5H8N2O2S/c1-5(2)3(8)7(6)4(10)9-5/h6H2,1-2H3. The first kappa shape index (κ1) is 7.43. The molecule has 1 rings (SSSR count). The third-order valence-corrected chi connectivity index (χ3v) is 1.55.